The highest BCUT2D eigenvalue weighted by molar-refractivity contribution is 7.86. The molecule has 27 heavy (non-hydrogen) atoms. The van der Waals surface area contributed by atoms with E-state index in [9.17, 15) is 13.2 Å². The Bertz CT molecular complexity index is 609. The van der Waals surface area contributed by atoms with Crippen LogP contribution in [0.2, 0.25) is 0 Å². The Hall–Kier alpha value is -0.900. The maximum Gasteiger partial charge on any atom is 0.410 e. The van der Waals surface area contributed by atoms with Crippen LogP contribution in [-0.4, -0.2) is 85.6 Å². The molecular formula is C18H35N3O5S. The van der Waals surface area contributed by atoms with E-state index in [0.717, 1.165) is 12.8 Å². The molecule has 2 aliphatic rings. The van der Waals surface area contributed by atoms with Crippen LogP contribution >= 0.6 is 0 Å². The average Bonchev–Trinajstić information content (AvgIpc) is 2.52. The van der Waals surface area contributed by atoms with E-state index >= 15 is 0 Å². The van der Waals surface area contributed by atoms with Gasteiger partial charge in [-0.1, -0.05) is 0 Å². The molecule has 2 rings (SSSR count). The molecule has 0 aromatic rings. The summed E-state index contributed by atoms with van der Waals surface area (Å²) in [5.74, 6) is 0.0990. The Labute approximate surface area is 163 Å². The van der Waals surface area contributed by atoms with Gasteiger partial charge in [-0.05, 0) is 53.4 Å². The SMILES string of the molecule is CC1CN(S(=O)(=O)N2CCCC(CN(C)C(=O)OC(C)(C)C)C2)CC(C)O1. The van der Waals surface area contributed by atoms with E-state index in [1.807, 2.05) is 34.6 Å². The number of ether oxygens (including phenoxy) is 2. The summed E-state index contributed by atoms with van der Waals surface area (Å²) in [5.41, 5.74) is -0.545. The second kappa shape index (κ2) is 8.63. The third-order valence-corrected chi connectivity index (χ3v) is 6.69. The zero-order valence-corrected chi connectivity index (χ0v) is 18.3. The minimum Gasteiger partial charge on any atom is -0.444 e. The van der Waals surface area contributed by atoms with Gasteiger partial charge in [0.15, 0.2) is 0 Å². The van der Waals surface area contributed by atoms with E-state index in [1.54, 1.807) is 16.3 Å². The topological polar surface area (TPSA) is 79.4 Å². The summed E-state index contributed by atoms with van der Waals surface area (Å²) in [4.78, 5) is 13.7. The van der Waals surface area contributed by atoms with Crippen molar-refractivity contribution in [2.45, 2.75) is 65.3 Å². The van der Waals surface area contributed by atoms with Crippen LogP contribution < -0.4 is 0 Å². The lowest BCUT2D eigenvalue weighted by atomic mass is 9.99. The van der Waals surface area contributed by atoms with Crippen molar-refractivity contribution in [3.63, 3.8) is 0 Å². The number of amides is 1. The first-order chi connectivity index (χ1) is 12.4. The highest BCUT2D eigenvalue weighted by atomic mass is 32.2. The number of carbonyl (C=O) groups is 1. The summed E-state index contributed by atoms with van der Waals surface area (Å²) in [7, 11) is -1.82. The first-order valence-corrected chi connectivity index (χ1v) is 11.1. The average molecular weight is 406 g/mol. The number of hydrogen-bond acceptors (Lipinski definition) is 5. The number of carbonyl (C=O) groups excluding carboxylic acids is 1. The van der Waals surface area contributed by atoms with Crippen LogP contribution in [0.3, 0.4) is 0 Å². The molecule has 158 valence electrons. The fraction of sp³-hybridized carbons (Fsp3) is 0.944. The summed E-state index contributed by atoms with van der Waals surface area (Å²) < 4.78 is 40.3. The minimum atomic E-state index is -3.52. The molecule has 0 radical (unpaired) electrons. The Kier molecular flexibility index (Phi) is 7.16. The lowest BCUT2D eigenvalue weighted by Gasteiger charge is -2.40. The summed E-state index contributed by atoms with van der Waals surface area (Å²) in [6, 6.07) is 0. The molecule has 3 unspecified atom stereocenters. The third kappa shape index (κ3) is 6.30. The first-order valence-electron chi connectivity index (χ1n) is 9.73. The molecule has 0 aromatic carbocycles. The molecule has 0 aliphatic carbocycles. The highest BCUT2D eigenvalue weighted by Crippen LogP contribution is 2.24. The van der Waals surface area contributed by atoms with Gasteiger partial charge in [0.25, 0.3) is 10.2 Å². The van der Waals surface area contributed by atoms with Crippen LogP contribution in [0.1, 0.15) is 47.5 Å². The van der Waals surface area contributed by atoms with Crippen molar-refractivity contribution < 1.29 is 22.7 Å². The number of hydrogen-bond donors (Lipinski definition) is 0. The molecule has 0 aromatic heterocycles. The molecule has 3 atom stereocenters. The van der Waals surface area contributed by atoms with Crippen LogP contribution in [0, 0.1) is 5.92 Å². The summed E-state index contributed by atoms with van der Waals surface area (Å²) >= 11 is 0. The Morgan fingerprint density at radius 2 is 1.74 bits per heavy atom. The fourth-order valence-electron chi connectivity index (χ4n) is 3.67. The van der Waals surface area contributed by atoms with Gasteiger partial charge >= 0.3 is 6.09 Å². The number of morpholine rings is 1. The van der Waals surface area contributed by atoms with Gasteiger partial charge < -0.3 is 14.4 Å². The Balaban J connectivity index is 1.97. The number of nitrogens with zero attached hydrogens (tertiary/aromatic N) is 3. The standard InChI is InChI=1S/C18H35N3O5S/c1-14-10-21(11-15(2)25-14)27(23,24)20-9-7-8-16(13-20)12-19(6)17(22)26-18(3,4)5/h14-16H,7-13H2,1-6H3. The van der Waals surface area contributed by atoms with Crippen LogP contribution in [0.4, 0.5) is 4.79 Å². The maximum absolute atomic E-state index is 13.1. The maximum atomic E-state index is 13.1. The van der Waals surface area contributed by atoms with Gasteiger partial charge in [0.2, 0.25) is 0 Å². The lowest BCUT2D eigenvalue weighted by Crippen LogP contribution is -2.55. The van der Waals surface area contributed by atoms with Crippen molar-refractivity contribution in [3.05, 3.63) is 0 Å². The van der Waals surface area contributed by atoms with Crippen molar-refractivity contribution >= 4 is 16.3 Å². The van der Waals surface area contributed by atoms with Gasteiger partial charge in [-0.2, -0.15) is 17.0 Å². The molecule has 1 amide bonds. The molecule has 2 heterocycles. The van der Waals surface area contributed by atoms with E-state index < -0.39 is 15.8 Å². The van der Waals surface area contributed by atoms with Crippen molar-refractivity contribution in [1.82, 2.24) is 13.5 Å². The molecule has 2 fully saturated rings. The molecule has 9 heteroatoms. The van der Waals surface area contributed by atoms with E-state index in [1.165, 1.54) is 4.31 Å². The van der Waals surface area contributed by atoms with E-state index in [2.05, 4.69) is 0 Å². The van der Waals surface area contributed by atoms with Crippen LogP contribution in [0.25, 0.3) is 0 Å². The van der Waals surface area contributed by atoms with Crippen LogP contribution in [0.5, 0.6) is 0 Å². The van der Waals surface area contributed by atoms with Gasteiger partial charge in [-0.25, -0.2) is 4.79 Å². The molecule has 0 N–H and O–H groups in total. The largest absolute Gasteiger partial charge is 0.444 e. The number of piperidine rings is 1. The van der Waals surface area contributed by atoms with E-state index in [0.29, 0.717) is 32.7 Å². The first kappa shape index (κ1) is 22.4. The minimum absolute atomic E-state index is 0.0990. The van der Waals surface area contributed by atoms with Crippen molar-refractivity contribution in [1.29, 1.82) is 0 Å². The molecule has 2 saturated heterocycles. The van der Waals surface area contributed by atoms with E-state index in [-0.39, 0.29) is 24.2 Å². The van der Waals surface area contributed by atoms with E-state index in [4.69, 9.17) is 9.47 Å². The summed E-state index contributed by atoms with van der Waals surface area (Å²) in [6.07, 6.45) is 1.10. The fourth-order valence-corrected chi connectivity index (χ4v) is 5.55. The highest BCUT2D eigenvalue weighted by Gasteiger charge is 2.38. The molecule has 0 bridgehead atoms. The van der Waals surface area contributed by atoms with Crippen LogP contribution in [-0.2, 0) is 19.7 Å². The molecule has 2 aliphatic heterocycles. The Morgan fingerprint density at radius 1 is 1.15 bits per heavy atom. The third-order valence-electron chi connectivity index (χ3n) is 4.76. The second-order valence-corrected chi connectivity index (χ2v) is 10.7. The van der Waals surface area contributed by atoms with Gasteiger partial charge in [0.05, 0.1) is 12.2 Å². The zero-order chi connectivity index (χ0) is 20.4. The molecular weight excluding hydrogens is 370 g/mol. The molecule has 0 saturated carbocycles. The number of rotatable bonds is 4. The van der Waals surface area contributed by atoms with Gasteiger partial charge in [0.1, 0.15) is 5.60 Å². The quantitative estimate of drug-likeness (QED) is 0.714. The predicted molar refractivity (Wildman–Crippen MR) is 104 cm³/mol. The Morgan fingerprint density at radius 3 is 2.30 bits per heavy atom. The lowest BCUT2D eigenvalue weighted by molar-refractivity contribution is -0.0458. The predicted octanol–water partition coefficient (Wildman–Crippen LogP) is 1.92. The summed E-state index contributed by atoms with van der Waals surface area (Å²) in [5, 5.41) is 0. The zero-order valence-electron chi connectivity index (χ0n) is 17.5. The van der Waals surface area contributed by atoms with Crippen molar-refractivity contribution in [2.75, 3.05) is 39.8 Å². The van der Waals surface area contributed by atoms with Gasteiger partial charge in [-0.3, -0.25) is 0 Å². The van der Waals surface area contributed by atoms with Gasteiger partial charge in [0, 0.05) is 39.8 Å². The van der Waals surface area contributed by atoms with Crippen molar-refractivity contribution in [2.24, 2.45) is 5.92 Å². The molecule has 0 spiro atoms. The second-order valence-electron chi connectivity index (χ2n) is 8.81. The smallest absolute Gasteiger partial charge is 0.410 e. The van der Waals surface area contributed by atoms with Crippen LogP contribution in [0.15, 0.2) is 0 Å². The van der Waals surface area contributed by atoms with Crippen molar-refractivity contribution in [3.8, 4) is 0 Å². The van der Waals surface area contributed by atoms with Gasteiger partial charge in [-0.15, -0.1) is 0 Å². The molecule has 8 nitrogen and oxygen atoms in total. The normalized spacial score (nSPS) is 28.7. The summed E-state index contributed by atoms with van der Waals surface area (Å²) in [6.45, 7) is 11.5. The monoisotopic (exact) mass is 405 g/mol.